The van der Waals surface area contributed by atoms with Crippen LogP contribution < -0.4 is 10.0 Å². The number of benzene rings is 2. The maximum Gasteiger partial charge on any atom is 0.261 e. The summed E-state index contributed by atoms with van der Waals surface area (Å²) in [7, 11) is -3.79. The molecule has 0 unspecified atom stereocenters. The van der Waals surface area contributed by atoms with Gasteiger partial charge in [-0.05, 0) is 100.0 Å². The van der Waals surface area contributed by atoms with Crippen LogP contribution in [0, 0.1) is 31.6 Å². The van der Waals surface area contributed by atoms with Crippen LogP contribution in [0.5, 0.6) is 0 Å². The van der Waals surface area contributed by atoms with Crippen molar-refractivity contribution in [2.24, 2.45) is 17.8 Å². The zero-order chi connectivity index (χ0) is 21.8. The number of carbonyl (C=O) groups is 1. The maximum absolute atomic E-state index is 13.1. The first kappa shape index (κ1) is 20.6. The van der Waals surface area contributed by atoms with E-state index in [0.29, 0.717) is 11.3 Å². The molecule has 6 rings (SSSR count). The molecule has 0 spiro atoms. The summed E-state index contributed by atoms with van der Waals surface area (Å²) < 4.78 is 28.6. The first-order valence-electron chi connectivity index (χ1n) is 11.2. The SMILES string of the molecule is Cc1ccc(NS(=O)(=O)c2cccc(C(=O)NC34CC5CC(CC(C5)C3)C4)c2)c(C)c1. The van der Waals surface area contributed by atoms with Gasteiger partial charge < -0.3 is 5.32 Å². The van der Waals surface area contributed by atoms with Crippen molar-refractivity contribution in [2.45, 2.75) is 62.8 Å². The average Bonchev–Trinajstić information content (AvgIpc) is 2.69. The van der Waals surface area contributed by atoms with Gasteiger partial charge in [0.1, 0.15) is 0 Å². The molecule has 164 valence electrons. The van der Waals surface area contributed by atoms with E-state index in [1.165, 1.54) is 31.4 Å². The van der Waals surface area contributed by atoms with Crippen LogP contribution in [-0.4, -0.2) is 19.9 Å². The number of sulfonamides is 1. The highest BCUT2D eigenvalue weighted by Gasteiger charge is 2.51. The monoisotopic (exact) mass is 438 g/mol. The molecular weight excluding hydrogens is 408 g/mol. The normalized spacial score (nSPS) is 29.0. The Kier molecular flexibility index (Phi) is 4.88. The van der Waals surface area contributed by atoms with Gasteiger partial charge in [-0.3, -0.25) is 9.52 Å². The number of anilines is 1. The lowest BCUT2D eigenvalue weighted by Crippen LogP contribution is -2.59. The summed E-state index contributed by atoms with van der Waals surface area (Å²) in [5.74, 6) is 2.05. The van der Waals surface area contributed by atoms with Gasteiger partial charge in [-0.15, -0.1) is 0 Å². The molecule has 4 aliphatic carbocycles. The molecule has 6 heteroatoms. The lowest BCUT2D eigenvalue weighted by molar-refractivity contribution is -0.0167. The van der Waals surface area contributed by atoms with Gasteiger partial charge in [-0.25, -0.2) is 8.42 Å². The minimum absolute atomic E-state index is 0.0992. The van der Waals surface area contributed by atoms with Crippen LogP contribution in [0.1, 0.15) is 60.0 Å². The van der Waals surface area contributed by atoms with Crippen LogP contribution in [0.2, 0.25) is 0 Å². The molecule has 0 heterocycles. The van der Waals surface area contributed by atoms with Gasteiger partial charge in [0, 0.05) is 11.1 Å². The fraction of sp³-hybridized carbons (Fsp3) is 0.480. The topological polar surface area (TPSA) is 75.3 Å². The second-order valence-electron chi connectivity index (χ2n) is 10.1. The summed E-state index contributed by atoms with van der Waals surface area (Å²) in [6, 6.07) is 11.9. The van der Waals surface area contributed by atoms with E-state index in [0.717, 1.165) is 48.1 Å². The molecule has 4 aliphatic rings. The number of carbonyl (C=O) groups excluding carboxylic acids is 1. The Morgan fingerprint density at radius 1 is 0.935 bits per heavy atom. The zero-order valence-electron chi connectivity index (χ0n) is 18.1. The molecule has 1 amide bonds. The highest BCUT2D eigenvalue weighted by Crippen LogP contribution is 2.55. The van der Waals surface area contributed by atoms with Crippen LogP contribution in [-0.2, 0) is 10.0 Å². The Morgan fingerprint density at radius 3 is 2.19 bits per heavy atom. The Morgan fingerprint density at radius 2 is 1.58 bits per heavy atom. The Balaban J connectivity index is 1.35. The number of hydrogen-bond donors (Lipinski definition) is 2. The molecule has 2 N–H and O–H groups in total. The Bertz CT molecular complexity index is 1100. The largest absolute Gasteiger partial charge is 0.347 e. The summed E-state index contributed by atoms with van der Waals surface area (Å²) in [6.45, 7) is 3.84. The molecule has 4 bridgehead atoms. The lowest BCUT2D eigenvalue weighted by Gasteiger charge is -2.56. The molecule has 0 aromatic heterocycles. The molecule has 31 heavy (non-hydrogen) atoms. The summed E-state index contributed by atoms with van der Waals surface area (Å²) >= 11 is 0. The second-order valence-corrected chi connectivity index (χ2v) is 11.8. The van der Waals surface area contributed by atoms with Crippen molar-refractivity contribution in [2.75, 3.05) is 4.72 Å². The van der Waals surface area contributed by atoms with Crippen molar-refractivity contribution in [3.05, 3.63) is 59.2 Å². The quantitative estimate of drug-likeness (QED) is 0.704. The second kappa shape index (κ2) is 7.37. The number of amides is 1. The molecule has 4 fully saturated rings. The van der Waals surface area contributed by atoms with E-state index in [9.17, 15) is 13.2 Å². The number of hydrogen-bond acceptors (Lipinski definition) is 3. The van der Waals surface area contributed by atoms with Crippen molar-refractivity contribution < 1.29 is 13.2 Å². The van der Waals surface area contributed by atoms with Gasteiger partial charge in [-0.1, -0.05) is 23.8 Å². The summed E-state index contributed by atoms with van der Waals surface area (Å²) in [5.41, 5.74) is 2.79. The van der Waals surface area contributed by atoms with Crippen molar-refractivity contribution >= 4 is 21.6 Å². The molecule has 2 aromatic rings. The predicted octanol–water partition coefficient (Wildman–Crippen LogP) is 4.80. The molecule has 4 saturated carbocycles. The molecule has 0 saturated heterocycles. The maximum atomic E-state index is 13.1. The Hall–Kier alpha value is -2.34. The van der Waals surface area contributed by atoms with Gasteiger partial charge in [-0.2, -0.15) is 0 Å². The number of aryl methyl sites for hydroxylation is 2. The Labute approximate surface area is 184 Å². The predicted molar refractivity (Wildman–Crippen MR) is 122 cm³/mol. The molecular formula is C25H30N2O3S. The minimum Gasteiger partial charge on any atom is -0.347 e. The van der Waals surface area contributed by atoms with Gasteiger partial charge in [0.15, 0.2) is 0 Å². The summed E-state index contributed by atoms with van der Waals surface area (Å²) in [5, 5.41) is 3.33. The summed E-state index contributed by atoms with van der Waals surface area (Å²) in [6.07, 6.45) is 7.14. The van der Waals surface area contributed by atoms with E-state index in [1.807, 2.05) is 26.0 Å². The van der Waals surface area contributed by atoms with E-state index in [1.54, 1.807) is 18.2 Å². The van der Waals surface area contributed by atoms with Crippen molar-refractivity contribution in [3.63, 3.8) is 0 Å². The smallest absolute Gasteiger partial charge is 0.261 e. The van der Waals surface area contributed by atoms with E-state index in [4.69, 9.17) is 0 Å². The van der Waals surface area contributed by atoms with Crippen LogP contribution >= 0.6 is 0 Å². The highest BCUT2D eigenvalue weighted by molar-refractivity contribution is 7.92. The van der Waals surface area contributed by atoms with E-state index in [-0.39, 0.29) is 16.3 Å². The van der Waals surface area contributed by atoms with Crippen LogP contribution in [0.25, 0.3) is 0 Å². The van der Waals surface area contributed by atoms with E-state index < -0.39 is 10.0 Å². The van der Waals surface area contributed by atoms with Gasteiger partial charge in [0.2, 0.25) is 0 Å². The van der Waals surface area contributed by atoms with Crippen LogP contribution in [0.15, 0.2) is 47.4 Å². The average molecular weight is 439 g/mol. The first-order valence-corrected chi connectivity index (χ1v) is 12.7. The molecule has 0 atom stereocenters. The minimum atomic E-state index is -3.79. The third-order valence-corrected chi connectivity index (χ3v) is 8.81. The van der Waals surface area contributed by atoms with E-state index in [2.05, 4.69) is 10.0 Å². The standard InChI is InChI=1S/C25H30N2O3S/c1-16-6-7-23(17(2)8-16)27-31(29,30)22-5-3-4-21(12-22)24(28)26-25-13-18-9-19(14-25)11-20(10-18)15-25/h3-8,12,18-20,27H,9-11,13-15H2,1-2H3,(H,26,28). The van der Waals surface area contributed by atoms with E-state index >= 15 is 0 Å². The van der Waals surface area contributed by atoms with Crippen molar-refractivity contribution in [3.8, 4) is 0 Å². The number of rotatable bonds is 5. The zero-order valence-corrected chi connectivity index (χ0v) is 19.0. The lowest BCUT2D eigenvalue weighted by atomic mass is 9.53. The van der Waals surface area contributed by atoms with Crippen molar-refractivity contribution in [1.29, 1.82) is 0 Å². The fourth-order valence-electron chi connectivity index (χ4n) is 6.51. The van der Waals surface area contributed by atoms with Crippen LogP contribution in [0.3, 0.4) is 0 Å². The third-order valence-electron chi connectivity index (χ3n) is 7.45. The van der Waals surface area contributed by atoms with Crippen molar-refractivity contribution in [1.82, 2.24) is 5.32 Å². The highest BCUT2D eigenvalue weighted by atomic mass is 32.2. The first-order chi connectivity index (χ1) is 14.7. The molecule has 0 radical (unpaired) electrons. The summed E-state index contributed by atoms with van der Waals surface area (Å²) in [4.78, 5) is 13.2. The molecule has 2 aromatic carbocycles. The number of nitrogens with one attached hydrogen (secondary N) is 2. The van der Waals surface area contributed by atoms with Crippen LogP contribution in [0.4, 0.5) is 5.69 Å². The van der Waals surface area contributed by atoms with Gasteiger partial charge >= 0.3 is 0 Å². The molecule has 0 aliphatic heterocycles. The fourth-order valence-corrected chi connectivity index (χ4v) is 7.69. The van der Waals surface area contributed by atoms with Gasteiger partial charge in [0.05, 0.1) is 10.6 Å². The van der Waals surface area contributed by atoms with Gasteiger partial charge in [0.25, 0.3) is 15.9 Å². The molecule has 5 nitrogen and oxygen atoms in total. The third kappa shape index (κ3) is 3.98.